The molecule has 1 aromatic heterocycles. The summed E-state index contributed by atoms with van der Waals surface area (Å²) in [6, 6.07) is 6.48. The molecule has 0 saturated carbocycles. The Morgan fingerprint density at radius 2 is 2.24 bits per heavy atom. The van der Waals surface area contributed by atoms with E-state index in [1.807, 2.05) is 13.1 Å². The summed E-state index contributed by atoms with van der Waals surface area (Å²) in [5, 5.41) is 3.00. The van der Waals surface area contributed by atoms with Crippen molar-refractivity contribution in [3.05, 3.63) is 51.2 Å². The van der Waals surface area contributed by atoms with Gasteiger partial charge in [0.25, 0.3) is 0 Å². The summed E-state index contributed by atoms with van der Waals surface area (Å²) < 4.78 is 14.0. The number of nitrogens with zero attached hydrogens (tertiary/aromatic N) is 2. The van der Waals surface area contributed by atoms with Crippen molar-refractivity contribution in [2.24, 2.45) is 0 Å². The Bertz CT molecular complexity index is 531. The number of hydrogen-bond donors (Lipinski definition) is 1. The zero-order chi connectivity index (χ0) is 12.3. The lowest BCUT2D eigenvalue weighted by atomic mass is 10.1. The minimum atomic E-state index is -0.234. The van der Waals surface area contributed by atoms with E-state index in [-0.39, 0.29) is 5.82 Å². The summed E-state index contributed by atoms with van der Waals surface area (Å²) in [5.74, 6) is 1.24. The molecule has 0 aliphatic rings. The highest BCUT2D eigenvalue weighted by Crippen LogP contribution is 2.15. The van der Waals surface area contributed by atoms with Crippen LogP contribution in [0.3, 0.4) is 0 Å². The van der Waals surface area contributed by atoms with Gasteiger partial charge in [0, 0.05) is 19.7 Å². The third kappa shape index (κ3) is 3.12. The minimum absolute atomic E-state index is 0.234. The van der Waals surface area contributed by atoms with E-state index in [1.54, 1.807) is 12.3 Å². The van der Waals surface area contributed by atoms with Crippen molar-refractivity contribution in [2.75, 3.05) is 12.4 Å². The van der Waals surface area contributed by atoms with Crippen LogP contribution in [0.1, 0.15) is 11.4 Å². The van der Waals surface area contributed by atoms with E-state index in [9.17, 15) is 4.39 Å². The van der Waals surface area contributed by atoms with Gasteiger partial charge < -0.3 is 5.32 Å². The van der Waals surface area contributed by atoms with E-state index in [0.29, 0.717) is 12.2 Å². The molecular weight excluding hydrogens is 332 g/mol. The van der Waals surface area contributed by atoms with Crippen molar-refractivity contribution in [3.8, 4) is 0 Å². The van der Waals surface area contributed by atoms with Crippen LogP contribution < -0.4 is 5.32 Å². The number of aromatic nitrogens is 2. The molecule has 0 fully saturated rings. The fraction of sp³-hybridized carbons (Fsp3) is 0.167. The topological polar surface area (TPSA) is 37.8 Å². The van der Waals surface area contributed by atoms with Gasteiger partial charge in [-0.1, -0.05) is 12.1 Å². The Morgan fingerprint density at radius 1 is 1.41 bits per heavy atom. The Balaban J connectivity index is 2.24. The maximum Gasteiger partial charge on any atom is 0.142 e. The second kappa shape index (κ2) is 5.39. The summed E-state index contributed by atoms with van der Waals surface area (Å²) in [7, 11) is 1.82. The molecule has 0 amide bonds. The summed E-state index contributed by atoms with van der Waals surface area (Å²) in [6.07, 6.45) is 2.29. The van der Waals surface area contributed by atoms with Crippen molar-refractivity contribution < 1.29 is 4.39 Å². The molecule has 0 atom stereocenters. The molecule has 5 heteroatoms. The second-order valence-electron chi connectivity index (χ2n) is 3.54. The summed E-state index contributed by atoms with van der Waals surface area (Å²) in [5.41, 5.74) is 0.869. The summed E-state index contributed by atoms with van der Waals surface area (Å²) >= 11 is 2.17. The predicted molar refractivity (Wildman–Crippen MR) is 73.5 cm³/mol. The first-order valence-corrected chi connectivity index (χ1v) is 6.20. The van der Waals surface area contributed by atoms with Crippen molar-refractivity contribution in [3.63, 3.8) is 0 Å². The number of hydrogen-bond acceptors (Lipinski definition) is 3. The Hall–Kier alpha value is -1.24. The van der Waals surface area contributed by atoms with Crippen LogP contribution in [0.2, 0.25) is 0 Å². The molecule has 2 aromatic rings. The summed E-state index contributed by atoms with van der Waals surface area (Å²) in [4.78, 5) is 8.59. The number of benzene rings is 1. The molecule has 17 heavy (non-hydrogen) atoms. The van der Waals surface area contributed by atoms with Gasteiger partial charge in [0.15, 0.2) is 0 Å². The molecule has 2 rings (SSSR count). The number of rotatable bonds is 3. The van der Waals surface area contributed by atoms with Crippen LogP contribution in [0, 0.1) is 9.39 Å². The normalized spacial score (nSPS) is 10.3. The lowest BCUT2D eigenvalue weighted by Gasteiger charge is -2.05. The minimum Gasteiger partial charge on any atom is -0.372 e. The van der Waals surface area contributed by atoms with Gasteiger partial charge in [-0.15, -0.1) is 0 Å². The van der Waals surface area contributed by atoms with Crippen LogP contribution >= 0.6 is 22.6 Å². The highest BCUT2D eigenvalue weighted by molar-refractivity contribution is 14.1. The van der Waals surface area contributed by atoms with Crippen LogP contribution in [0.25, 0.3) is 0 Å². The molecule has 0 radical (unpaired) electrons. The molecular formula is C12H11FIN3. The van der Waals surface area contributed by atoms with E-state index in [0.717, 1.165) is 15.0 Å². The lowest BCUT2D eigenvalue weighted by Crippen LogP contribution is -2.03. The second-order valence-corrected chi connectivity index (χ2v) is 4.70. The number of anilines is 1. The van der Waals surface area contributed by atoms with E-state index in [2.05, 4.69) is 37.9 Å². The van der Waals surface area contributed by atoms with E-state index in [1.165, 1.54) is 12.1 Å². The van der Waals surface area contributed by atoms with Gasteiger partial charge in [0.2, 0.25) is 0 Å². The molecule has 0 saturated heterocycles. The molecule has 1 N–H and O–H groups in total. The van der Waals surface area contributed by atoms with Gasteiger partial charge in [-0.3, -0.25) is 0 Å². The molecule has 0 aliphatic heterocycles. The maximum absolute atomic E-state index is 13.0. The highest BCUT2D eigenvalue weighted by Gasteiger charge is 2.04. The largest absolute Gasteiger partial charge is 0.372 e. The predicted octanol–water partition coefficient (Wildman–Crippen LogP) is 2.85. The first-order valence-electron chi connectivity index (χ1n) is 5.12. The third-order valence-corrected chi connectivity index (χ3v) is 3.07. The molecule has 0 aliphatic carbocycles. The van der Waals surface area contributed by atoms with Gasteiger partial charge in [0.1, 0.15) is 17.5 Å². The zero-order valence-electron chi connectivity index (χ0n) is 9.24. The lowest BCUT2D eigenvalue weighted by molar-refractivity contribution is 0.626. The molecule has 0 spiro atoms. The van der Waals surface area contributed by atoms with Gasteiger partial charge in [-0.2, -0.15) is 0 Å². The first-order chi connectivity index (χ1) is 8.19. The smallest absolute Gasteiger partial charge is 0.142 e. The average molecular weight is 343 g/mol. The monoisotopic (exact) mass is 343 g/mol. The van der Waals surface area contributed by atoms with Crippen LogP contribution in [-0.4, -0.2) is 17.0 Å². The molecule has 1 aromatic carbocycles. The van der Waals surface area contributed by atoms with E-state index < -0.39 is 0 Å². The van der Waals surface area contributed by atoms with Crippen LogP contribution in [0.4, 0.5) is 10.2 Å². The number of nitrogens with one attached hydrogen (secondary N) is 1. The van der Waals surface area contributed by atoms with Gasteiger partial charge in [-0.05, 0) is 40.3 Å². The quantitative estimate of drug-likeness (QED) is 0.871. The van der Waals surface area contributed by atoms with Gasteiger partial charge >= 0.3 is 0 Å². The van der Waals surface area contributed by atoms with Crippen molar-refractivity contribution >= 4 is 28.4 Å². The number of halogens is 2. The Labute approximate surface area is 113 Å². The fourth-order valence-corrected chi connectivity index (χ4v) is 2.02. The first kappa shape index (κ1) is 12.2. The van der Waals surface area contributed by atoms with E-state index in [4.69, 9.17) is 0 Å². The van der Waals surface area contributed by atoms with Crippen LogP contribution in [0.5, 0.6) is 0 Å². The van der Waals surface area contributed by atoms with Crippen LogP contribution in [0.15, 0.2) is 30.5 Å². The molecule has 3 nitrogen and oxygen atoms in total. The Morgan fingerprint density at radius 3 is 2.94 bits per heavy atom. The summed E-state index contributed by atoms with van der Waals surface area (Å²) in [6.45, 7) is 0. The molecule has 88 valence electrons. The molecule has 0 unspecified atom stereocenters. The standard InChI is InChI=1S/C12H11FIN3/c1-15-12-10(14)7-16-11(17-12)6-8-3-2-4-9(13)5-8/h2-5,7H,6H2,1H3,(H,15,16,17). The van der Waals surface area contributed by atoms with Crippen molar-refractivity contribution in [2.45, 2.75) is 6.42 Å². The molecule has 1 heterocycles. The van der Waals surface area contributed by atoms with E-state index >= 15 is 0 Å². The fourth-order valence-electron chi connectivity index (χ4n) is 1.49. The zero-order valence-corrected chi connectivity index (χ0v) is 11.4. The van der Waals surface area contributed by atoms with Crippen molar-refractivity contribution in [1.82, 2.24) is 9.97 Å². The van der Waals surface area contributed by atoms with Gasteiger partial charge in [0.05, 0.1) is 3.57 Å². The maximum atomic E-state index is 13.0. The van der Waals surface area contributed by atoms with Gasteiger partial charge in [-0.25, -0.2) is 14.4 Å². The highest BCUT2D eigenvalue weighted by atomic mass is 127. The molecule has 0 bridgehead atoms. The Kier molecular flexibility index (Phi) is 3.88. The van der Waals surface area contributed by atoms with Crippen molar-refractivity contribution in [1.29, 1.82) is 0 Å². The average Bonchev–Trinajstić information content (AvgIpc) is 2.32. The SMILES string of the molecule is CNc1nc(Cc2cccc(F)c2)ncc1I. The third-order valence-electron chi connectivity index (χ3n) is 2.28. The van der Waals surface area contributed by atoms with Crippen LogP contribution in [-0.2, 0) is 6.42 Å².